The summed E-state index contributed by atoms with van der Waals surface area (Å²) in [5.74, 6) is 0.549. The van der Waals surface area contributed by atoms with E-state index in [-0.39, 0.29) is 11.2 Å². The maximum absolute atomic E-state index is 9.91. The van der Waals surface area contributed by atoms with Crippen molar-refractivity contribution in [3.05, 3.63) is 59.7 Å². The van der Waals surface area contributed by atoms with Gasteiger partial charge in [-0.25, -0.2) is 0 Å². The van der Waals surface area contributed by atoms with E-state index in [9.17, 15) is 10.2 Å². The quantitative estimate of drug-likeness (QED) is 0.823. The topological polar surface area (TPSA) is 53.0 Å². The van der Waals surface area contributed by atoms with E-state index in [1.54, 1.807) is 18.2 Å². The van der Waals surface area contributed by atoms with Crippen LogP contribution in [0.25, 0.3) is 0 Å². The fraction of sp³-hybridized carbons (Fsp3) is 0.294. The van der Waals surface area contributed by atoms with Gasteiger partial charge in [0, 0.05) is 11.0 Å². The molecule has 3 nitrogen and oxygen atoms in total. The third-order valence-electron chi connectivity index (χ3n) is 3.37. The van der Waals surface area contributed by atoms with Crippen LogP contribution in [-0.2, 0) is 10.2 Å². The van der Waals surface area contributed by atoms with Crippen LogP contribution in [0, 0.1) is 0 Å². The molecule has 1 aliphatic rings. The number of hydrogen-bond donors (Lipinski definition) is 2. The molecule has 0 amide bonds. The zero-order chi connectivity index (χ0) is 14.6. The number of ether oxygens (including phenoxy) is 1. The molecule has 20 heavy (non-hydrogen) atoms. The largest absolute Gasteiger partial charge is 0.508 e. The van der Waals surface area contributed by atoms with Crippen molar-refractivity contribution in [2.75, 3.05) is 13.2 Å². The van der Waals surface area contributed by atoms with Gasteiger partial charge in [0.25, 0.3) is 0 Å². The zero-order valence-corrected chi connectivity index (χ0v) is 11.8. The van der Waals surface area contributed by atoms with E-state index in [1.165, 1.54) is 0 Å². The molecule has 0 saturated carbocycles. The highest BCUT2D eigenvalue weighted by molar-refractivity contribution is 5.45. The first-order valence-corrected chi connectivity index (χ1v) is 6.67. The smallest absolute Gasteiger partial charge is 0.119 e. The third kappa shape index (κ3) is 3.52. The lowest BCUT2D eigenvalue weighted by atomic mass is 9.78. The summed E-state index contributed by atoms with van der Waals surface area (Å²) in [6, 6.07) is 14.4. The molecule has 1 aliphatic heterocycles. The van der Waals surface area contributed by atoms with E-state index in [1.807, 2.05) is 30.3 Å². The standard InChI is InChI=1S/C15H16O2.C2H4O/c1-15(2,11-7-9-12(16)10-8-11)13-5-3-4-6-14(13)17;1-2-3-1/h3-10,16-17H,1-2H3;1-2H2. The Morgan fingerprint density at radius 2 is 1.45 bits per heavy atom. The van der Waals surface area contributed by atoms with Crippen LogP contribution < -0.4 is 0 Å². The van der Waals surface area contributed by atoms with Gasteiger partial charge in [0.2, 0.25) is 0 Å². The molecule has 1 fully saturated rings. The van der Waals surface area contributed by atoms with E-state index in [4.69, 9.17) is 0 Å². The minimum absolute atomic E-state index is 0.252. The summed E-state index contributed by atoms with van der Waals surface area (Å²) >= 11 is 0. The molecule has 106 valence electrons. The molecule has 0 atom stereocenters. The first kappa shape index (κ1) is 14.4. The highest BCUT2D eigenvalue weighted by atomic mass is 16.6. The average molecular weight is 272 g/mol. The number of rotatable bonds is 2. The van der Waals surface area contributed by atoms with Crippen LogP contribution in [0.5, 0.6) is 11.5 Å². The normalized spacial score (nSPS) is 13.3. The number of benzene rings is 2. The highest BCUT2D eigenvalue weighted by Crippen LogP contribution is 2.36. The van der Waals surface area contributed by atoms with E-state index in [0.717, 1.165) is 24.3 Å². The molecule has 3 heteroatoms. The third-order valence-corrected chi connectivity index (χ3v) is 3.37. The van der Waals surface area contributed by atoms with Gasteiger partial charge in [0.1, 0.15) is 11.5 Å². The van der Waals surface area contributed by atoms with E-state index in [2.05, 4.69) is 18.6 Å². The molecule has 0 aromatic heterocycles. The Morgan fingerprint density at radius 1 is 0.900 bits per heavy atom. The molecule has 2 aromatic carbocycles. The molecule has 0 bridgehead atoms. The van der Waals surface area contributed by atoms with Crippen LogP contribution in [0.1, 0.15) is 25.0 Å². The van der Waals surface area contributed by atoms with Crippen molar-refractivity contribution < 1.29 is 14.9 Å². The van der Waals surface area contributed by atoms with Gasteiger partial charge in [-0.1, -0.05) is 44.2 Å². The van der Waals surface area contributed by atoms with Gasteiger partial charge in [-0.15, -0.1) is 0 Å². The summed E-state index contributed by atoms with van der Waals surface area (Å²) in [6.07, 6.45) is 0. The summed E-state index contributed by atoms with van der Waals surface area (Å²) in [7, 11) is 0. The Labute approximate surface area is 119 Å². The molecule has 3 rings (SSSR count). The molecule has 0 unspecified atom stereocenters. The number of hydrogen-bond acceptors (Lipinski definition) is 3. The number of phenols is 2. The molecular weight excluding hydrogens is 252 g/mol. The van der Waals surface area contributed by atoms with Gasteiger partial charge in [-0.3, -0.25) is 0 Å². The van der Waals surface area contributed by atoms with Crippen LogP contribution in [0.4, 0.5) is 0 Å². The van der Waals surface area contributed by atoms with Crippen LogP contribution in [0.3, 0.4) is 0 Å². The summed E-state index contributed by atoms with van der Waals surface area (Å²) in [6.45, 7) is 6.10. The second kappa shape index (κ2) is 5.97. The lowest BCUT2D eigenvalue weighted by Crippen LogP contribution is -2.18. The number of phenolic OH excluding ortho intramolecular Hbond substituents is 2. The van der Waals surface area contributed by atoms with Crippen molar-refractivity contribution in [2.45, 2.75) is 19.3 Å². The second-order valence-electron chi connectivity index (χ2n) is 5.30. The van der Waals surface area contributed by atoms with Crippen LogP contribution >= 0.6 is 0 Å². The van der Waals surface area contributed by atoms with Gasteiger partial charge in [-0.05, 0) is 23.8 Å². The monoisotopic (exact) mass is 272 g/mol. The van der Waals surface area contributed by atoms with Crippen molar-refractivity contribution in [3.63, 3.8) is 0 Å². The molecular formula is C17H20O3. The zero-order valence-electron chi connectivity index (χ0n) is 11.8. The first-order valence-electron chi connectivity index (χ1n) is 6.67. The Kier molecular flexibility index (Phi) is 4.30. The van der Waals surface area contributed by atoms with Crippen molar-refractivity contribution >= 4 is 0 Å². The summed E-state index contributed by atoms with van der Waals surface area (Å²) in [4.78, 5) is 0. The summed E-state index contributed by atoms with van der Waals surface area (Å²) in [5, 5.41) is 19.2. The second-order valence-corrected chi connectivity index (χ2v) is 5.30. The molecule has 0 spiro atoms. The predicted molar refractivity (Wildman–Crippen MR) is 79.2 cm³/mol. The molecule has 2 aromatic rings. The number of aromatic hydroxyl groups is 2. The van der Waals surface area contributed by atoms with E-state index in [0.29, 0.717) is 5.75 Å². The van der Waals surface area contributed by atoms with Crippen molar-refractivity contribution in [2.24, 2.45) is 0 Å². The van der Waals surface area contributed by atoms with Gasteiger partial charge in [0.05, 0.1) is 13.2 Å². The lowest BCUT2D eigenvalue weighted by molar-refractivity contribution is 0.452. The minimum atomic E-state index is -0.293. The van der Waals surface area contributed by atoms with E-state index >= 15 is 0 Å². The summed E-state index contributed by atoms with van der Waals surface area (Å²) < 4.78 is 4.50. The van der Waals surface area contributed by atoms with Crippen molar-refractivity contribution in [3.8, 4) is 11.5 Å². The molecule has 1 saturated heterocycles. The SMILES string of the molecule is C1CO1.CC(C)(c1ccc(O)cc1)c1ccccc1O. The number of epoxide rings is 1. The van der Waals surface area contributed by atoms with Crippen LogP contribution in [0.2, 0.25) is 0 Å². The minimum Gasteiger partial charge on any atom is -0.508 e. The van der Waals surface area contributed by atoms with Crippen LogP contribution in [-0.4, -0.2) is 23.4 Å². The Bertz CT molecular complexity index is 554. The fourth-order valence-corrected chi connectivity index (χ4v) is 2.04. The lowest BCUT2D eigenvalue weighted by Gasteiger charge is -2.26. The predicted octanol–water partition coefficient (Wildman–Crippen LogP) is 3.44. The maximum Gasteiger partial charge on any atom is 0.119 e. The molecule has 0 radical (unpaired) electrons. The Balaban J connectivity index is 0.000000432. The van der Waals surface area contributed by atoms with Gasteiger partial charge in [-0.2, -0.15) is 0 Å². The van der Waals surface area contributed by atoms with Crippen LogP contribution in [0.15, 0.2) is 48.5 Å². The molecule has 2 N–H and O–H groups in total. The highest BCUT2D eigenvalue weighted by Gasteiger charge is 2.25. The Morgan fingerprint density at radius 3 is 1.95 bits per heavy atom. The van der Waals surface area contributed by atoms with Gasteiger partial charge >= 0.3 is 0 Å². The average Bonchev–Trinajstić information content (AvgIpc) is 3.27. The van der Waals surface area contributed by atoms with Crippen molar-refractivity contribution in [1.82, 2.24) is 0 Å². The molecule has 0 aliphatic carbocycles. The Hall–Kier alpha value is -2.00. The summed E-state index contributed by atoms with van der Waals surface area (Å²) in [5.41, 5.74) is 1.64. The maximum atomic E-state index is 9.91. The fourth-order valence-electron chi connectivity index (χ4n) is 2.04. The van der Waals surface area contributed by atoms with Gasteiger partial charge < -0.3 is 14.9 Å². The first-order chi connectivity index (χ1) is 9.51. The number of para-hydroxylation sites is 1. The molecule has 1 heterocycles. The van der Waals surface area contributed by atoms with Crippen molar-refractivity contribution in [1.29, 1.82) is 0 Å². The van der Waals surface area contributed by atoms with E-state index < -0.39 is 0 Å². The van der Waals surface area contributed by atoms with Gasteiger partial charge in [0.15, 0.2) is 0 Å².